The molecule has 4 heteroatoms. The first-order chi connectivity index (χ1) is 10.8. The maximum Gasteiger partial charge on any atom is 0.117 e. The van der Waals surface area contributed by atoms with E-state index in [0.29, 0.717) is 0 Å². The van der Waals surface area contributed by atoms with Crippen LogP contribution in [0.3, 0.4) is 0 Å². The molecule has 22 heavy (non-hydrogen) atoms. The minimum absolute atomic E-state index is 0.996. The number of aromatic nitrogens is 2. The zero-order chi connectivity index (χ0) is 15.4. The Morgan fingerprint density at radius 2 is 1.50 bits per heavy atom. The molecule has 2 aromatic carbocycles. The van der Waals surface area contributed by atoms with Crippen molar-refractivity contribution in [3.63, 3.8) is 0 Å². The fourth-order valence-electron chi connectivity index (χ4n) is 2.43. The molecule has 0 N–H and O–H groups in total. The summed E-state index contributed by atoms with van der Waals surface area (Å²) >= 11 is 3.40. The van der Waals surface area contributed by atoms with Gasteiger partial charge in [0.25, 0.3) is 0 Å². The molecule has 0 aliphatic heterocycles. The van der Waals surface area contributed by atoms with Gasteiger partial charge in [0.2, 0.25) is 0 Å². The zero-order valence-electron chi connectivity index (χ0n) is 12.5. The molecular formula is C18H16N2S2. The molecule has 1 aromatic heterocycles. The molecule has 2 nitrogen and oxygen atoms in total. The van der Waals surface area contributed by atoms with Crippen LogP contribution < -0.4 is 0 Å². The van der Waals surface area contributed by atoms with Gasteiger partial charge in [0.1, 0.15) is 11.4 Å². The van der Waals surface area contributed by atoms with Gasteiger partial charge in [-0.05, 0) is 24.1 Å². The predicted octanol–water partition coefficient (Wildman–Crippen LogP) is 5.25. The molecule has 0 radical (unpaired) electrons. The lowest BCUT2D eigenvalue weighted by molar-refractivity contribution is 1.06. The smallest absolute Gasteiger partial charge is 0.117 e. The van der Waals surface area contributed by atoms with Gasteiger partial charge in [-0.2, -0.15) is 0 Å². The van der Waals surface area contributed by atoms with Gasteiger partial charge in [-0.15, -0.1) is 23.5 Å². The Hall–Kier alpha value is -1.78. The second-order valence-electron chi connectivity index (χ2n) is 4.67. The minimum Gasteiger partial charge on any atom is -0.236 e. The summed E-state index contributed by atoms with van der Waals surface area (Å²) in [5.74, 6) is 0. The number of rotatable bonds is 4. The lowest BCUT2D eigenvalue weighted by Crippen LogP contribution is -1.95. The second kappa shape index (κ2) is 6.99. The molecule has 0 unspecified atom stereocenters. The minimum atomic E-state index is 0.996. The SMILES string of the molecule is CSc1ccccc1-c1ncnc(SC)c1-c1ccccc1. The maximum absolute atomic E-state index is 4.60. The Balaban J connectivity index is 2.29. The first-order valence-corrected chi connectivity index (χ1v) is 9.38. The van der Waals surface area contributed by atoms with E-state index in [1.165, 1.54) is 4.90 Å². The van der Waals surface area contributed by atoms with E-state index >= 15 is 0 Å². The lowest BCUT2D eigenvalue weighted by Gasteiger charge is -2.14. The summed E-state index contributed by atoms with van der Waals surface area (Å²) in [7, 11) is 0. The number of nitrogens with zero attached hydrogens (tertiary/aromatic N) is 2. The van der Waals surface area contributed by atoms with Crippen LogP contribution >= 0.6 is 23.5 Å². The zero-order valence-corrected chi connectivity index (χ0v) is 14.1. The van der Waals surface area contributed by atoms with Crippen LogP contribution in [0.5, 0.6) is 0 Å². The standard InChI is InChI=1S/C18H16N2S2/c1-21-15-11-7-6-10-14(15)17-16(13-8-4-3-5-9-13)18(22-2)20-12-19-17/h3-12H,1-2H3. The maximum atomic E-state index is 4.60. The van der Waals surface area contributed by atoms with E-state index in [1.807, 2.05) is 6.07 Å². The molecule has 110 valence electrons. The van der Waals surface area contributed by atoms with Gasteiger partial charge in [0.05, 0.1) is 5.69 Å². The van der Waals surface area contributed by atoms with Crippen LogP contribution in [-0.2, 0) is 0 Å². The highest BCUT2D eigenvalue weighted by Crippen LogP contribution is 2.39. The van der Waals surface area contributed by atoms with Gasteiger partial charge in [0.15, 0.2) is 0 Å². The van der Waals surface area contributed by atoms with Crippen molar-refractivity contribution < 1.29 is 0 Å². The van der Waals surface area contributed by atoms with Crippen molar-refractivity contribution >= 4 is 23.5 Å². The van der Waals surface area contributed by atoms with Crippen LogP contribution in [0.15, 0.2) is 70.8 Å². The molecule has 1 heterocycles. The average molecular weight is 324 g/mol. The summed E-state index contributed by atoms with van der Waals surface area (Å²) in [6, 6.07) is 18.8. The summed E-state index contributed by atoms with van der Waals surface area (Å²) in [6.07, 6.45) is 5.81. The van der Waals surface area contributed by atoms with Gasteiger partial charge in [-0.1, -0.05) is 48.5 Å². The largest absolute Gasteiger partial charge is 0.236 e. The van der Waals surface area contributed by atoms with Gasteiger partial charge in [-0.3, -0.25) is 0 Å². The molecule has 0 spiro atoms. The van der Waals surface area contributed by atoms with Gasteiger partial charge >= 0.3 is 0 Å². The van der Waals surface area contributed by atoms with Gasteiger partial charge < -0.3 is 0 Å². The van der Waals surface area contributed by atoms with Crippen molar-refractivity contribution in [1.82, 2.24) is 9.97 Å². The fraction of sp³-hybridized carbons (Fsp3) is 0.111. The van der Waals surface area contributed by atoms with E-state index in [0.717, 1.165) is 27.4 Å². The van der Waals surface area contributed by atoms with Crippen LogP contribution in [0.2, 0.25) is 0 Å². The van der Waals surface area contributed by atoms with Crippen molar-refractivity contribution in [2.45, 2.75) is 9.92 Å². The molecule has 0 aliphatic carbocycles. The fourth-order valence-corrected chi connectivity index (χ4v) is 3.60. The summed E-state index contributed by atoms with van der Waals surface area (Å²) in [5.41, 5.74) is 4.41. The topological polar surface area (TPSA) is 25.8 Å². The normalized spacial score (nSPS) is 10.6. The molecular weight excluding hydrogens is 308 g/mol. The first-order valence-electron chi connectivity index (χ1n) is 6.93. The summed E-state index contributed by atoms with van der Waals surface area (Å²) in [4.78, 5) is 10.3. The Bertz CT molecular complexity index is 773. The highest BCUT2D eigenvalue weighted by Gasteiger charge is 2.16. The molecule has 0 aliphatic rings. The molecule has 3 rings (SSSR count). The number of thioether (sulfide) groups is 2. The van der Waals surface area contributed by atoms with Crippen molar-refractivity contribution in [1.29, 1.82) is 0 Å². The van der Waals surface area contributed by atoms with Gasteiger partial charge in [0, 0.05) is 16.0 Å². The third kappa shape index (κ3) is 2.89. The summed E-state index contributed by atoms with van der Waals surface area (Å²) in [6.45, 7) is 0. The number of hydrogen-bond donors (Lipinski definition) is 0. The third-order valence-corrected chi connectivity index (χ3v) is 4.92. The highest BCUT2D eigenvalue weighted by molar-refractivity contribution is 7.99. The van der Waals surface area contributed by atoms with Crippen molar-refractivity contribution in [3.05, 3.63) is 60.9 Å². The van der Waals surface area contributed by atoms with E-state index in [9.17, 15) is 0 Å². The molecule has 0 bridgehead atoms. The van der Waals surface area contributed by atoms with Crippen molar-refractivity contribution in [2.75, 3.05) is 12.5 Å². The van der Waals surface area contributed by atoms with Crippen LogP contribution in [-0.4, -0.2) is 22.5 Å². The Labute approximate surface area is 139 Å². The molecule has 0 saturated carbocycles. The quantitative estimate of drug-likeness (QED) is 0.483. The van der Waals surface area contributed by atoms with Crippen molar-refractivity contribution in [2.24, 2.45) is 0 Å². The predicted molar refractivity (Wildman–Crippen MR) is 96.5 cm³/mol. The third-order valence-electron chi connectivity index (χ3n) is 3.43. The van der Waals surface area contributed by atoms with E-state index in [4.69, 9.17) is 0 Å². The van der Waals surface area contributed by atoms with Crippen LogP contribution in [0.1, 0.15) is 0 Å². The lowest BCUT2D eigenvalue weighted by atomic mass is 10.0. The summed E-state index contributed by atoms with van der Waals surface area (Å²) in [5, 5.41) is 1.01. The highest BCUT2D eigenvalue weighted by atomic mass is 32.2. The molecule has 0 saturated heterocycles. The number of benzene rings is 2. The molecule has 0 fully saturated rings. The molecule has 3 aromatic rings. The Kier molecular flexibility index (Phi) is 4.80. The monoisotopic (exact) mass is 324 g/mol. The van der Waals surface area contributed by atoms with Gasteiger partial charge in [-0.25, -0.2) is 9.97 Å². The second-order valence-corrected chi connectivity index (χ2v) is 6.32. The van der Waals surface area contributed by atoms with E-state index in [1.54, 1.807) is 29.9 Å². The van der Waals surface area contributed by atoms with Crippen molar-refractivity contribution in [3.8, 4) is 22.4 Å². The summed E-state index contributed by atoms with van der Waals surface area (Å²) < 4.78 is 0. The number of hydrogen-bond acceptors (Lipinski definition) is 4. The first kappa shape index (κ1) is 15.1. The van der Waals surface area contributed by atoms with E-state index in [-0.39, 0.29) is 0 Å². The van der Waals surface area contributed by atoms with Crippen LogP contribution in [0.25, 0.3) is 22.4 Å². The van der Waals surface area contributed by atoms with Crippen LogP contribution in [0, 0.1) is 0 Å². The Morgan fingerprint density at radius 3 is 2.23 bits per heavy atom. The Morgan fingerprint density at radius 1 is 0.773 bits per heavy atom. The van der Waals surface area contributed by atoms with E-state index in [2.05, 4.69) is 71.0 Å². The van der Waals surface area contributed by atoms with E-state index < -0.39 is 0 Å². The molecule has 0 atom stereocenters. The molecule has 0 amide bonds. The van der Waals surface area contributed by atoms with Crippen LogP contribution in [0.4, 0.5) is 0 Å². The average Bonchev–Trinajstić information content (AvgIpc) is 2.61.